The molecule has 1 aromatic carbocycles. The van der Waals surface area contributed by atoms with Gasteiger partial charge in [0.25, 0.3) is 0 Å². The molecule has 0 saturated heterocycles. The number of aromatic nitrogens is 3. The Kier molecular flexibility index (Phi) is 2.78. The zero-order valence-electron chi connectivity index (χ0n) is 8.75. The number of halogens is 3. The molecule has 1 heterocycles. The third-order valence-electron chi connectivity index (χ3n) is 2.22. The summed E-state index contributed by atoms with van der Waals surface area (Å²) in [6, 6.07) is 6.56. The number of aromatic amines is 1. The van der Waals surface area contributed by atoms with Gasteiger partial charge in [-0.15, -0.1) is 5.10 Å². The van der Waals surface area contributed by atoms with Crippen LogP contribution < -0.4 is 0 Å². The normalized spacial score (nSPS) is 11.8. The summed E-state index contributed by atoms with van der Waals surface area (Å²) in [6.45, 7) is 1.85. The largest absolute Gasteiger partial charge is 0.452 e. The second-order valence-electron chi connectivity index (χ2n) is 3.52. The average molecular weight is 259 g/mol. The summed E-state index contributed by atoms with van der Waals surface area (Å²) in [6.07, 6.45) is -4.54. The Morgan fingerprint density at radius 3 is 2.35 bits per heavy atom. The van der Waals surface area contributed by atoms with Crippen molar-refractivity contribution in [2.75, 3.05) is 0 Å². The van der Waals surface area contributed by atoms with E-state index in [1.165, 1.54) is 0 Å². The molecule has 0 aliphatic rings. The zero-order chi connectivity index (χ0) is 12.6. The van der Waals surface area contributed by atoms with Crippen molar-refractivity contribution < 1.29 is 13.2 Å². The Hall–Kier alpha value is -1.63. The molecular formula is C10H8F3N3S. The molecule has 1 N–H and O–H groups in total. The number of benzene rings is 1. The highest BCUT2D eigenvalue weighted by Crippen LogP contribution is 2.29. The fourth-order valence-corrected chi connectivity index (χ4v) is 1.66. The Balaban J connectivity index is 2.63. The van der Waals surface area contributed by atoms with E-state index in [-0.39, 0.29) is 4.77 Å². The lowest BCUT2D eigenvalue weighted by atomic mass is 10.2. The van der Waals surface area contributed by atoms with Crippen LogP contribution in [-0.2, 0) is 6.18 Å². The molecule has 0 aliphatic carbocycles. The van der Waals surface area contributed by atoms with Gasteiger partial charge in [0.05, 0.1) is 0 Å². The van der Waals surface area contributed by atoms with Crippen molar-refractivity contribution in [3.63, 3.8) is 0 Å². The van der Waals surface area contributed by atoms with Crippen LogP contribution in [0.3, 0.4) is 0 Å². The molecule has 2 rings (SSSR count). The minimum absolute atomic E-state index is 0.0822. The third-order valence-corrected chi connectivity index (χ3v) is 2.49. The van der Waals surface area contributed by atoms with Gasteiger partial charge in [-0.3, -0.25) is 9.67 Å². The van der Waals surface area contributed by atoms with Crippen LogP contribution in [0.5, 0.6) is 0 Å². The Labute approximate surface area is 99.9 Å². The number of H-pyrrole nitrogens is 1. The van der Waals surface area contributed by atoms with Crippen molar-refractivity contribution in [2.45, 2.75) is 13.1 Å². The minimum atomic E-state index is -4.54. The molecule has 0 unspecified atom stereocenters. The topological polar surface area (TPSA) is 33.6 Å². The van der Waals surface area contributed by atoms with Crippen LogP contribution in [0.1, 0.15) is 11.4 Å². The number of hydrogen-bond donors (Lipinski definition) is 1. The molecule has 0 aliphatic heterocycles. The molecule has 0 saturated carbocycles. The molecule has 17 heavy (non-hydrogen) atoms. The molecule has 90 valence electrons. The van der Waals surface area contributed by atoms with Crippen molar-refractivity contribution in [3.8, 4) is 5.69 Å². The summed E-state index contributed by atoms with van der Waals surface area (Å²) in [5.41, 5.74) is 1.29. The van der Waals surface area contributed by atoms with Gasteiger partial charge in [0.15, 0.2) is 4.77 Å². The van der Waals surface area contributed by atoms with E-state index in [2.05, 4.69) is 10.2 Å². The first-order valence-corrected chi connectivity index (χ1v) is 5.12. The van der Waals surface area contributed by atoms with E-state index in [0.717, 1.165) is 10.1 Å². The second-order valence-corrected chi connectivity index (χ2v) is 3.91. The van der Waals surface area contributed by atoms with Gasteiger partial charge in [-0.1, -0.05) is 17.7 Å². The monoisotopic (exact) mass is 259 g/mol. The number of alkyl halides is 3. The van der Waals surface area contributed by atoms with E-state index in [1.54, 1.807) is 24.3 Å². The molecule has 0 radical (unpaired) electrons. The Morgan fingerprint density at radius 1 is 1.24 bits per heavy atom. The van der Waals surface area contributed by atoms with Gasteiger partial charge in [0.1, 0.15) is 0 Å². The van der Waals surface area contributed by atoms with Crippen LogP contribution in [0, 0.1) is 11.7 Å². The number of hydrogen-bond acceptors (Lipinski definition) is 2. The molecule has 0 amide bonds. The van der Waals surface area contributed by atoms with E-state index in [4.69, 9.17) is 12.2 Å². The highest BCUT2D eigenvalue weighted by molar-refractivity contribution is 7.71. The quantitative estimate of drug-likeness (QED) is 0.797. The molecule has 0 spiro atoms. The zero-order valence-corrected chi connectivity index (χ0v) is 9.56. The lowest BCUT2D eigenvalue weighted by Crippen LogP contribution is -2.13. The number of rotatable bonds is 1. The van der Waals surface area contributed by atoms with Crippen LogP contribution in [0.15, 0.2) is 24.3 Å². The SMILES string of the molecule is Cc1ccc(-n2c(C(F)(F)F)n[nH]c2=S)cc1. The van der Waals surface area contributed by atoms with Gasteiger partial charge >= 0.3 is 6.18 Å². The summed E-state index contributed by atoms with van der Waals surface area (Å²) in [7, 11) is 0. The van der Waals surface area contributed by atoms with E-state index in [1.807, 2.05) is 6.92 Å². The Bertz CT molecular complexity index is 580. The summed E-state index contributed by atoms with van der Waals surface area (Å²) in [4.78, 5) is 0. The third kappa shape index (κ3) is 2.23. The molecule has 2 aromatic rings. The fourth-order valence-electron chi connectivity index (χ4n) is 1.42. The highest BCUT2D eigenvalue weighted by atomic mass is 32.1. The van der Waals surface area contributed by atoms with Crippen molar-refractivity contribution in [1.29, 1.82) is 0 Å². The van der Waals surface area contributed by atoms with Crippen LogP contribution in [-0.4, -0.2) is 14.8 Å². The van der Waals surface area contributed by atoms with Crippen LogP contribution in [0.2, 0.25) is 0 Å². The molecular weight excluding hydrogens is 251 g/mol. The predicted molar refractivity (Wildman–Crippen MR) is 58.5 cm³/mol. The van der Waals surface area contributed by atoms with Gasteiger partial charge in [0.2, 0.25) is 5.82 Å². The molecule has 3 nitrogen and oxygen atoms in total. The molecule has 0 atom stereocenters. The van der Waals surface area contributed by atoms with Gasteiger partial charge in [-0.2, -0.15) is 13.2 Å². The number of nitrogens with zero attached hydrogens (tertiary/aromatic N) is 2. The van der Waals surface area contributed by atoms with Crippen LogP contribution >= 0.6 is 12.2 Å². The Morgan fingerprint density at radius 2 is 1.82 bits per heavy atom. The summed E-state index contributed by atoms with van der Waals surface area (Å²) in [5, 5.41) is 5.36. The maximum absolute atomic E-state index is 12.7. The fraction of sp³-hybridized carbons (Fsp3) is 0.200. The first kappa shape index (κ1) is 11.8. The van der Waals surface area contributed by atoms with Crippen LogP contribution in [0.4, 0.5) is 13.2 Å². The van der Waals surface area contributed by atoms with Crippen molar-refractivity contribution in [3.05, 3.63) is 40.4 Å². The van der Waals surface area contributed by atoms with E-state index < -0.39 is 12.0 Å². The predicted octanol–water partition coefficient (Wildman–Crippen LogP) is 3.26. The van der Waals surface area contributed by atoms with E-state index >= 15 is 0 Å². The highest BCUT2D eigenvalue weighted by Gasteiger charge is 2.37. The maximum atomic E-state index is 12.7. The average Bonchev–Trinajstić information content (AvgIpc) is 2.61. The first-order valence-electron chi connectivity index (χ1n) is 4.71. The molecule has 7 heteroatoms. The molecule has 1 aromatic heterocycles. The molecule has 0 fully saturated rings. The minimum Gasteiger partial charge on any atom is -0.264 e. The molecule has 0 bridgehead atoms. The standard InChI is InChI=1S/C10H8F3N3S/c1-6-2-4-7(5-3-6)16-8(10(11,12)13)14-15-9(16)17/h2-5H,1H3,(H,15,17). The first-order chi connectivity index (χ1) is 7.89. The van der Waals surface area contributed by atoms with Gasteiger partial charge in [0, 0.05) is 5.69 Å². The van der Waals surface area contributed by atoms with E-state index in [9.17, 15) is 13.2 Å². The summed E-state index contributed by atoms with van der Waals surface area (Å²) in [5.74, 6) is -1.05. The van der Waals surface area contributed by atoms with Gasteiger partial charge in [-0.05, 0) is 31.3 Å². The number of nitrogens with one attached hydrogen (secondary N) is 1. The van der Waals surface area contributed by atoms with Gasteiger partial charge in [-0.25, -0.2) is 0 Å². The smallest absolute Gasteiger partial charge is 0.264 e. The maximum Gasteiger partial charge on any atom is 0.452 e. The second kappa shape index (κ2) is 3.99. The summed E-state index contributed by atoms with van der Waals surface area (Å²) >= 11 is 4.80. The van der Waals surface area contributed by atoms with E-state index in [0.29, 0.717) is 5.69 Å². The number of aryl methyl sites for hydroxylation is 1. The van der Waals surface area contributed by atoms with Gasteiger partial charge < -0.3 is 0 Å². The summed E-state index contributed by atoms with van der Waals surface area (Å²) < 4.78 is 38.8. The van der Waals surface area contributed by atoms with Crippen LogP contribution in [0.25, 0.3) is 5.69 Å². The van der Waals surface area contributed by atoms with Crippen molar-refractivity contribution in [1.82, 2.24) is 14.8 Å². The lowest BCUT2D eigenvalue weighted by Gasteiger charge is -2.09. The lowest BCUT2D eigenvalue weighted by molar-refractivity contribution is -0.146. The van der Waals surface area contributed by atoms with Crippen molar-refractivity contribution in [2.24, 2.45) is 0 Å². The van der Waals surface area contributed by atoms with Crippen molar-refractivity contribution >= 4 is 12.2 Å².